The Morgan fingerprint density at radius 1 is 1.25 bits per heavy atom. The number of thiophene rings is 1. The number of hydrogen-bond acceptors (Lipinski definition) is 6. The van der Waals surface area contributed by atoms with Crippen molar-refractivity contribution in [1.82, 2.24) is 9.80 Å². The van der Waals surface area contributed by atoms with Crippen LogP contribution < -0.4 is 0 Å². The highest BCUT2D eigenvalue weighted by atomic mass is 32.1. The van der Waals surface area contributed by atoms with Crippen LogP contribution in [0.2, 0.25) is 0 Å². The second-order valence-corrected chi connectivity index (χ2v) is 7.94. The van der Waals surface area contributed by atoms with Gasteiger partial charge in [-0.2, -0.15) is 0 Å². The molecule has 3 aromatic rings. The lowest BCUT2D eigenvalue weighted by Crippen LogP contribution is -2.36. The molecular weight excluding hydrogens is 376 g/mol. The minimum absolute atomic E-state index is 0.0743. The van der Waals surface area contributed by atoms with Crippen molar-refractivity contribution in [2.24, 2.45) is 0 Å². The molecule has 1 aliphatic heterocycles. The molecule has 4 rings (SSSR count). The van der Waals surface area contributed by atoms with E-state index in [1.54, 1.807) is 17.0 Å². The van der Waals surface area contributed by atoms with Gasteiger partial charge in [0.2, 0.25) is 5.78 Å². The van der Waals surface area contributed by atoms with Crippen LogP contribution in [0.25, 0.3) is 11.0 Å². The minimum atomic E-state index is -0.617. The first kappa shape index (κ1) is 18.5. The number of carbonyl (C=O) groups excluding carboxylic acids is 2. The monoisotopic (exact) mass is 396 g/mol. The average molecular weight is 396 g/mol. The number of carbonyl (C=O) groups is 2. The van der Waals surface area contributed by atoms with E-state index in [2.05, 4.69) is 0 Å². The number of aliphatic hydroxyl groups is 1. The fourth-order valence-corrected chi connectivity index (χ4v) is 4.24. The van der Waals surface area contributed by atoms with Crippen LogP contribution in [0, 0.1) is 0 Å². The Bertz CT molecular complexity index is 1030. The number of ketones is 1. The maximum Gasteiger partial charge on any atom is 0.290 e. The van der Waals surface area contributed by atoms with Crippen molar-refractivity contribution < 1.29 is 19.1 Å². The molecule has 0 saturated heterocycles. The highest BCUT2D eigenvalue weighted by Gasteiger charge is 2.44. The van der Waals surface area contributed by atoms with Crippen LogP contribution in [0.1, 0.15) is 21.5 Å². The quantitative estimate of drug-likeness (QED) is 0.644. The zero-order valence-electron chi connectivity index (χ0n) is 15.6. The second kappa shape index (κ2) is 7.26. The van der Waals surface area contributed by atoms with Crippen molar-refractivity contribution >= 4 is 34.0 Å². The Labute approximate surface area is 166 Å². The predicted octanol–water partition coefficient (Wildman–Crippen LogP) is 3.63. The fraction of sp³-hybridized carbons (Fsp3) is 0.238. The topological polar surface area (TPSA) is 74.0 Å². The minimum Gasteiger partial charge on any atom is -0.503 e. The van der Waals surface area contributed by atoms with Gasteiger partial charge in [-0.1, -0.05) is 24.3 Å². The Kier molecular flexibility index (Phi) is 4.78. The first-order valence-corrected chi connectivity index (χ1v) is 9.81. The number of nitrogens with zero attached hydrogens (tertiary/aromatic N) is 2. The average Bonchev–Trinajstić information content (AvgIpc) is 3.39. The molecule has 0 radical (unpaired) electrons. The van der Waals surface area contributed by atoms with Crippen LogP contribution in [0.3, 0.4) is 0 Å². The SMILES string of the molecule is CN(C)CCN1C(=O)C(O)=C(C(=O)c2cc3ccccc3o2)[C@@H]1c1cccs1. The largest absolute Gasteiger partial charge is 0.503 e. The molecule has 0 unspecified atom stereocenters. The lowest BCUT2D eigenvalue weighted by molar-refractivity contribution is -0.129. The molecular formula is C21H20N2O4S. The van der Waals surface area contributed by atoms with Crippen molar-refractivity contribution in [1.29, 1.82) is 0 Å². The second-order valence-electron chi connectivity index (χ2n) is 6.96. The molecule has 144 valence electrons. The number of fused-ring (bicyclic) bond motifs is 1. The van der Waals surface area contributed by atoms with Crippen LogP contribution in [0.4, 0.5) is 0 Å². The van der Waals surface area contributed by atoms with Gasteiger partial charge in [-0.05, 0) is 37.7 Å². The third-order valence-corrected chi connectivity index (χ3v) is 5.72. The van der Waals surface area contributed by atoms with Gasteiger partial charge in [0.25, 0.3) is 5.91 Å². The van der Waals surface area contributed by atoms with Gasteiger partial charge < -0.3 is 19.3 Å². The highest BCUT2D eigenvalue weighted by Crippen LogP contribution is 2.41. The molecule has 1 N–H and O–H groups in total. The molecule has 1 aromatic carbocycles. The zero-order valence-corrected chi connectivity index (χ0v) is 16.4. The summed E-state index contributed by atoms with van der Waals surface area (Å²) in [5.74, 6) is -1.37. The Morgan fingerprint density at radius 3 is 2.71 bits per heavy atom. The Balaban J connectivity index is 1.76. The van der Waals surface area contributed by atoms with E-state index in [4.69, 9.17) is 4.42 Å². The van der Waals surface area contributed by atoms with Crippen molar-refractivity contribution in [2.75, 3.05) is 27.2 Å². The number of Topliss-reactive ketones (excluding diaryl/α,β-unsaturated/α-hetero) is 1. The number of amides is 1. The third-order valence-electron chi connectivity index (χ3n) is 4.80. The van der Waals surface area contributed by atoms with Crippen molar-refractivity contribution in [3.8, 4) is 0 Å². The molecule has 2 aromatic heterocycles. The van der Waals surface area contributed by atoms with Crippen LogP contribution in [0.5, 0.6) is 0 Å². The number of likely N-dealkylation sites (N-methyl/N-ethyl adjacent to an activating group) is 1. The summed E-state index contributed by atoms with van der Waals surface area (Å²) in [6.45, 7) is 1.02. The van der Waals surface area contributed by atoms with E-state index < -0.39 is 23.5 Å². The number of rotatable bonds is 6. The molecule has 0 spiro atoms. The lowest BCUT2D eigenvalue weighted by Gasteiger charge is -2.26. The molecule has 1 atom stereocenters. The number of aliphatic hydroxyl groups excluding tert-OH is 1. The first-order valence-electron chi connectivity index (χ1n) is 8.93. The molecule has 1 amide bonds. The van der Waals surface area contributed by atoms with Gasteiger partial charge in [0, 0.05) is 23.4 Å². The van der Waals surface area contributed by atoms with Gasteiger partial charge in [0.1, 0.15) is 5.58 Å². The smallest absolute Gasteiger partial charge is 0.290 e. The van der Waals surface area contributed by atoms with E-state index in [0.717, 1.165) is 10.3 Å². The van der Waals surface area contributed by atoms with Gasteiger partial charge >= 0.3 is 0 Å². The molecule has 7 heteroatoms. The molecule has 0 saturated carbocycles. The highest BCUT2D eigenvalue weighted by molar-refractivity contribution is 7.10. The summed E-state index contributed by atoms with van der Waals surface area (Å²) in [6, 6.07) is 12.1. The Morgan fingerprint density at radius 2 is 2.04 bits per heavy atom. The molecule has 3 heterocycles. The van der Waals surface area contributed by atoms with Crippen molar-refractivity contribution in [2.45, 2.75) is 6.04 Å². The molecule has 28 heavy (non-hydrogen) atoms. The maximum atomic E-state index is 13.3. The maximum absolute atomic E-state index is 13.3. The van der Waals surface area contributed by atoms with E-state index in [1.807, 2.05) is 54.7 Å². The molecule has 1 aliphatic rings. The van der Waals surface area contributed by atoms with Gasteiger partial charge in [-0.25, -0.2) is 0 Å². The summed E-state index contributed by atoms with van der Waals surface area (Å²) >= 11 is 1.45. The van der Waals surface area contributed by atoms with Gasteiger partial charge in [-0.15, -0.1) is 11.3 Å². The van der Waals surface area contributed by atoms with Crippen LogP contribution in [-0.4, -0.2) is 53.8 Å². The number of para-hydroxylation sites is 1. The summed E-state index contributed by atoms with van der Waals surface area (Å²) in [5, 5.41) is 13.3. The number of benzene rings is 1. The Hall–Kier alpha value is -2.90. The third kappa shape index (κ3) is 3.12. The first-order chi connectivity index (χ1) is 13.5. The van der Waals surface area contributed by atoms with Crippen LogP contribution >= 0.6 is 11.3 Å². The summed E-state index contributed by atoms with van der Waals surface area (Å²) in [7, 11) is 3.82. The van der Waals surface area contributed by atoms with Gasteiger partial charge in [0.15, 0.2) is 11.5 Å². The zero-order chi connectivity index (χ0) is 19.8. The summed E-state index contributed by atoms with van der Waals surface area (Å²) < 4.78 is 5.70. The lowest BCUT2D eigenvalue weighted by atomic mass is 10.00. The van der Waals surface area contributed by atoms with Crippen molar-refractivity contribution in [3.05, 3.63) is 69.8 Å². The van der Waals surface area contributed by atoms with Crippen molar-refractivity contribution in [3.63, 3.8) is 0 Å². The summed E-state index contributed by atoms with van der Waals surface area (Å²) in [5.41, 5.74) is 0.665. The van der Waals surface area contributed by atoms with E-state index in [0.29, 0.717) is 18.7 Å². The van der Waals surface area contributed by atoms with E-state index >= 15 is 0 Å². The normalized spacial score (nSPS) is 17.3. The standard InChI is InChI=1S/C21H20N2O4S/c1-22(2)9-10-23-18(16-8-5-11-28-16)17(20(25)21(23)26)19(24)15-12-13-6-3-4-7-14(13)27-15/h3-8,11-12,18,25H,9-10H2,1-2H3/t18-/m0/s1. The van der Waals surface area contributed by atoms with Gasteiger partial charge in [0.05, 0.1) is 11.6 Å². The van der Waals surface area contributed by atoms with Gasteiger partial charge in [-0.3, -0.25) is 9.59 Å². The number of hydrogen-bond donors (Lipinski definition) is 1. The fourth-order valence-electron chi connectivity index (χ4n) is 3.39. The predicted molar refractivity (Wildman–Crippen MR) is 108 cm³/mol. The molecule has 0 aliphatic carbocycles. The molecule has 0 bridgehead atoms. The van der Waals surface area contributed by atoms with E-state index in [-0.39, 0.29) is 11.3 Å². The van der Waals surface area contributed by atoms with E-state index in [9.17, 15) is 14.7 Å². The van der Waals surface area contributed by atoms with Crippen LogP contribution in [-0.2, 0) is 4.79 Å². The summed E-state index contributed by atoms with van der Waals surface area (Å²) in [4.78, 5) is 30.4. The van der Waals surface area contributed by atoms with Crippen LogP contribution in [0.15, 0.2) is 63.6 Å². The number of furan rings is 1. The summed E-state index contributed by atoms with van der Waals surface area (Å²) in [6.07, 6.45) is 0. The molecule has 6 nitrogen and oxygen atoms in total. The molecule has 0 fully saturated rings. The van der Waals surface area contributed by atoms with E-state index in [1.165, 1.54) is 11.3 Å².